The maximum atomic E-state index is 5.88. The van der Waals surface area contributed by atoms with Crippen LogP contribution in [0, 0.1) is 0 Å². The van der Waals surface area contributed by atoms with E-state index in [4.69, 9.17) is 10.5 Å². The molecular formula is C12H11N5O. The first kappa shape index (κ1) is 10.5. The van der Waals surface area contributed by atoms with Gasteiger partial charge in [-0.15, -0.1) is 10.2 Å². The van der Waals surface area contributed by atoms with Crippen molar-refractivity contribution in [3.8, 4) is 17.1 Å². The molecule has 6 nitrogen and oxygen atoms in total. The third kappa shape index (κ3) is 1.55. The summed E-state index contributed by atoms with van der Waals surface area (Å²) in [5, 5.41) is 8.21. The molecule has 0 spiro atoms. The highest BCUT2D eigenvalue weighted by Crippen LogP contribution is 2.27. The lowest BCUT2D eigenvalue weighted by Crippen LogP contribution is -1.95. The van der Waals surface area contributed by atoms with E-state index in [2.05, 4.69) is 15.2 Å². The van der Waals surface area contributed by atoms with Crippen LogP contribution in [-0.2, 0) is 0 Å². The maximum absolute atomic E-state index is 5.88. The van der Waals surface area contributed by atoms with Crippen LogP contribution >= 0.6 is 0 Å². The van der Waals surface area contributed by atoms with Gasteiger partial charge in [-0.1, -0.05) is 0 Å². The molecule has 3 rings (SSSR count). The van der Waals surface area contributed by atoms with Crippen molar-refractivity contribution in [2.75, 3.05) is 12.8 Å². The summed E-state index contributed by atoms with van der Waals surface area (Å²) in [5.41, 5.74) is 8.06. The highest BCUT2D eigenvalue weighted by atomic mass is 16.5. The number of anilines is 1. The monoisotopic (exact) mass is 241 g/mol. The predicted molar refractivity (Wildman–Crippen MR) is 67.2 cm³/mol. The number of nitrogens with two attached hydrogens (primary N) is 1. The van der Waals surface area contributed by atoms with Gasteiger partial charge in [-0.3, -0.25) is 4.40 Å². The second-order valence-electron chi connectivity index (χ2n) is 3.79. The first-order chi connectivity index (χ1) is 8.79. The quantitative estimate of drug-likeness (QED) is 0.686. The summed E-state index contributed by atoms with van der Waals surface area (Å²) in [6, 6.07) is 7.30. The summed E-state index contributed by atoms with van der Waals surface area (Å²) in [6.45, 7) is 0. The molecule has 0 unspecified atom stereocenters. The summed E-state index contributed by atoms with van der Waals surface area (Å²) < 4.78 is 6.93. The van der Waals surface area contributed by atoms with Gasteiger partial charge in [-0.05, 0) is 18.2 Å². The molecule has 6 heteroatoms. The van der Waals surface area contributed by atoms with Crippen LogP contribution in [0.2, 0.25) is 0 Å². The van der Waals surface area contributed by atoms with Gasteiger partial charge in [-0.2, -0.15) is 0 Å². The van der Waals surface area contributed by atoms with Gasteiger partial charge in [0.05, 0.1) is 12.8 Å². The fourth-order valence-electron chi connectivity index (χ4n) is 1.82. The fraction of sp³-hybridized carbons (Fsp3) is 0.0833. The average molecular weight is 241 g/mol. The van der Waals surface area contributed by atoms with Crippen LogP contribution in [0.3, 0.4) is 0 Å². The Bertz CT molecular complexity index is 707. The minimum absolute atomic E-state index is 0.565. The lowest BCUT2D eigenvalue weighted by Gasteiger charge is -2.05. The van der Waals surface area contributed by atoms with Crippen LogP contribution in [0.5, 0.6) is 5.75 Å². The van der Waals surface area contributed by atoms with E-state index < -0.39 is 0 Å². The average Bonchev–Trinajstić information content (AvgIpc) is 2.82. The number of nitrogen functional groups attached to an aromatic ring is 1. The summed E-state index contributed by atoms with van der Waals surface area (Å²) in [5.74, 6) is 1.35. The topological polar surface area (TPSA) is 78.3 Å². The van der Waals surface area contributed by atoms with Gasteiger partial charge in [0.15, 0.2) is 11.5 Å². The van der Waals surface area contributed by atoms with E-state index in [0.29, 0.717) is 17.3 Å². The van der Waals surface area contributed by atoms with Gasteiger partial charge in [0.2, 0.25) is 0 Å². The molecule has 2 heterocycles. The molecule has 3 aromatic rings. The first-order valence-electron chi connectivity index (χ1n) is 5.38. The Morgan fingerprint density at radius 2 is 2.11 bits per heavy atom. The molecule has 90 valence electrons. The van der Waals surface area contributed by atoms with E-state index >= 15 is 0 Å². The van der Waals surface area contributed by atoms with Gasteiger partial charge in [0, 0.05) is 17.8 Å². The summed E-state index contributed by atoms with van der Waals surface area (Å²) >= 11 is 0. The lowest BCUT2D eigenvalue weighted by atomic mass is 10.2. The van der Waals surface area contributed by atoms with Crippen molar-refractivity contribution in [1.82, 2.24) is 19.6 Å². The van der Waals surface area contributed by atoms with Gasteiger partial charge in [-0.25, -0.2) is 4.98 Å². The van der Waals surface area contributed by atoms with Crippen molar-refractivity contribution >= 4 is 11.3 Å². The van der Waals surface area contributed by atoms with Crippen molar-refractivity contribution in [3.05, 3.63) is 36.8 Å². The molecular weight excluding hydrogens is 230 g/mol. The van der Waals surface area contributed by atoms with E-state index in [0.717, 1.165) is 11.2 Å². The lowest BCUT2D eigenvalue weighted by molar-refractivity contribution is 0.417. The number of rotatable bonds is 2. The van der Waals surface area contributed by atoms with Crippen LogP contribution in [0.15, 0.2) is 36.8 Å². The number of fused-ring (bicyclic) bond motifs is 1. The molecule has 0 bridgehead atoms. The van der Waals surface area contributed by atoms with Gasteiger partial charge < -0.3 is 10.5 Å². The summed E-state index contributed by atoms with van der Waals surface area (Å²) in [7, 11) is 1.59. The molecule has 0 aliphatic rings. The third-order valence-electron chi connectivity index (χ3n) is 2.70. The summed E-state index contributed by atoms with van der Waals surface area (Å²) in [6.07, 6.45) is 3.35. The highest BCUT2D eigenvalue weighted by molar-refractivity contribution is 5.67. The molecule has 0 saturated heterocycles. The second kappa shape index (κ2) is 3.99. The molecule has 2 aromatic heterocycles. The first-order valence-corrected chi connectivity index (χ1v) is 5.38. The van der Waals surface area contributed by atoms with Crippen LogP contribution in [-0.4, -0.2) is 26.7 Å². The van der Waals surface area contributed by atoms with E-state index in [-0.39, 0.29) is 0 Å². The molecule has 2 N–H and O–H groups in total. The molecule has 0 saturated carbocycles. The fourth-order valence-corrected chi connectivity index (χ4v) is 1.82. The van der Waals surface area contributed by atoms with Crippen LogP contribution in [0.4, 0.5) is 5.69 Å². The van der Waals surface area contributed by atoms with Crippen molar-refractivity contribution in [1.29, 1.82) is 0 Å². The van der Waals surface area contributed by atoms with Crippen LogP contribution < -0.4 is 10.5 Å². The standard InChI is InChI=1S/C12H11N5O/c1-18-10-3-2-8(6-9(10)13)12-16-15-11-4-5-14-7-17(11)12/h2-7H,13H2,1H3. The predicted octanol–water partition coefficient (Wildman–Crippen LogP) is 1.38. The molecule has 0 aliphatic carbocycles. The molecule has 18 heavy (non-hydrogen) atoms. The smallest absolute Gasteiger partial charge is 0.169 e. The van der Waals surface area contributed by atoms with Crippen LogP contribution in [0.1, 0.15) is 0 Å². The van der Waals surface area contributed by atoms with Crippen LogP contribution in [0.25, 0.3) is 17.0 Å². The molecule has 0 aliphatic heterocycles. The van der Waals surface area contributed by atoms with Crippen molar-refractivity contribution in [2.24, 2.45) is 0 Å². The zero-order chi connectivity index (χ0) is 12.5. The zero-order valence-electron chi connectivity index (χ0n) is 9.74. The number of hydrogen-bond donors (Lipinski definition) is 1. The number of hydrogen-bond acceptors (Lipinski definition) is 5. The Balaban J connectivity index is 2.17. The van der Waals surface area contributed by atoms with E-state index in [9.17, 15) is 0 Å². The Morgan fingerprint density at radius 1 is 1.22 bits per heavy atom. The third-order valence-corrected chi connectivity index (χ3v) is 2.70. The number of ether oxygens (including phenoxy) is 1. The van der Waals surface area contributed by atoms with Crippen molar-refractivity contribution < 1.29 is 4.74 Å². The number of nitrogens with zero attached hydrogens (tertiary/aromatic N) is 4. The van der Waals surface area contributed by atoms with Gasteiger partial charge in [0.25, 0.3) is 0 Å². The molecule has 0 amide bonds. The van der Waals surface area contributed by atoms with E-state index in [1.807, 2.05) is 18.2 Å². The summed E-state index contributed by atoms with van der Waals surface area (Å²) in [4.78, 5) is 4.05. The molecule has 0 radical (unpaired) electrons. The van der Waals surface area contributed by atoms with Gasteiger partial charge in [0.1, 0.15) is 12.1 Å². The second-order valence-corrected chi connectivity index (χ2v) is 3.79. The Labute approximate surface area is 103 Å². The van der Waals surface area contributed by atoms with Crippen molar-refractivity contribution in [2.45, 2.75) is 0 Å². The highest BCUT2D eigenvalue weighted by Gasteiger charge is 2.09. The number of aromatic nitrogens is 4. The Kier molecular flexibility index (Phi) is 2.33. The number of methoxy groups -OCH3 is 1. The van der Waals surface area contributed by atoms with Crippen molar-refractivity contribution in [3.63, 3.8) is 0 Å². The largest absolute Gasteiger partial charge is 0.495 e. The molecule has 1 aromatic carbocycles. The Hall–Kier alpha value is -2.63. The molecule has 0 atom stereocenters. The molecule has 0 fully saturated rings. The van der Waals surface area contributed by atoms with E-state index in [1.54, 1.807) is 30.1 Å². The normalized spacial score (nSPS) is 10.7. The number of benzene rings is 1. The minimum Gasteiger partial charge on any atom is -0.495 e. The van der Waals surface area contributed by atoms with Gasteiger partial charge >= 0.3 is 0 Å². The maximum Gasteiger partial charge on any atom is 0.169 e. The van der Waals surface area contributed by atoms with E-state index in [1.165, 1.54) is 0 Å². The minimum atomic E-state index is 0.565. The zero-order valence-corrected chi connectivity index (χ0v) is 9.74. The Morgan fingerprint density at radius 3 is 2.89 bits per heavy atom. The SMILES string of the molecule is COc1ccc(-c2nnc3ccncn23)cc1N.